The molecule has 0 aliphatic heterocycles. The van der Waals surface area contributed by atoms with Crippen molar-refractivity contribution in [2.75, 3.05) is 0 Å². The summed E-state index contributed by atoms with van der Waals surface area (Å²) in [6.45, 7) is 0. The van der Waals surface area contributed by atoms with Gasteiger partial charge in [-0.3, -0.25) is 27.5 Å². The molecule has 4 rings (SSSR count). The van der Waals surface area contributed by atoms with Crippen molar-refractivity contribution in [2.45, 2.75) is 12.8 Å². The summed E-state index contributed by atoms with van der Waals surface area (Å²) in [5.41, 5.74) is 0.879. The fraction of sp³-hybridized carbons (Fsp3) is 0.100. The van der Waals surface area contributed by atoms with E-state index in [1.54, 1.807) is 0 Å². The van der Waals surface area contributed by atoms with Crippen molar-refractivity contribution in [1.29, 1.82) is 0 Å². The number of aryl methyl sites for hydroxylation is 2. The predicted octanol–water partition coefficient (Wildman–Crippen LogP) is 4.94. The first-order chi connectivity index (χ1) is 13.5. The Morgan fingerprint density at radius 1 is 0.724 bits per heavy atom. The summed E-state index contributed by atoms with van der Waals surface area (Å²) in [5, 5.41) is 0. The molecule has 0 saturated carbocycles. The Balaban J connectivity index is 0.00000240. The molecule has 0 bridgehead atoms. The molecule has 0 atom stereocenters. The van der Waals surface area contributed by atoms with Gasteiger partial charge in [0.15, 0.2) is 0 Å². The normalized spacial score (nSPS) is 10.8. The molecule has 4 nitrogen and oxygen atoms in total. The zero-order valence-electron chi connectivity index (χ0n) is 14.4. The van der Waals surface area contributed by atoms with Crippen molar-refractivity contribution < 1.29 is 47.5 Å². The Morgan fingerprint density at radius 3 is 1.52 bits per heavy atom. The third-order valence-corrected chi connectivity index (χ3v) is 3.88. The number of rotatable bonds is 5. The van der Waals surface area contributed by atoms with Gasteiger partial charge in [0.05, 0.1) is 11.4 Å². The average Bonchev–Trinajstić information content (AvgIpc) is 3.29. The van der Waals surface area contributed by atoms with Crippen molar-refractivity contribution in [3.63, 3.8) is 0 Å². The van der Waals surface area contributed by atoms with Gasteiger partial charge < -0.3 is 8.83 Å². The second-order valence-corrected chi connectivity index (χ2v) is 5.87. The first-order valence-corrected chi connectivity index (χ1v) is 8.12. The summed E-state index contributed by atoms with van der Waals surface area (Å²) in [7, 11) is 0. The van der Waals surface area contributed by atoms with E-state index in [1.165, 1.54) is 12.5 Å². The molecule has 0 amide bonds. The molecule has 9 heteroatoms. The van der Waals surface area contributed by atoms with Crippen LogP contribution in [0.5, 0.6) is 0 Å². The van der Waals surface area contributed by atoms with Gasteiger partial charge in [0.1, 0.15) is 24.3 Å². The Labute approximate surface area is 176 Å². The molecule has 0 unspecified atom stereocenters. The second kappa shape index (κ2) is 8.74. The fourth-order valence-electron chi connectivity index (χ4n) is 2.55. The van der Waals surface area contributed by atoms with Crippen molar-refractivity contribution in [3.8, 4) is 22.9 Å². The fourth-order valence-corrected chi connectivity index (χ4v) is 2.55. The quantitative estimate of drug-likeness (QED) is 0.248. The van der Waals surface area contributed by atoms with Crippen molar-refractivity contribution in [3.05, 3.63) is 83.6 Å². The third kappa shape index (κ3) is 4.65. The third-order valence-electron chi connectivity index (χ3n) is 3.88. The van der Waals surface area contributed by atoms with E-state index in [0.29, 0.717) is 24.2 Å². The first-order valence-electron chi connectivity index (χ1n) is 8.12. The van der Waals surface area contributed by atoms with Gasteiger partial charge in [0.2, 0.25) is 0 Å². The minimum atomic E-state index is -0.827. The van der Waals surface area contributed by atoms with E-state index >= 15 is 0 Å². The Kier molecular flexibility index (Phi) is 6.32. The van der Waals surface area contributed by atoms with Crippen LogP contribution in [-0.4, -0.2) is 9.97 Å². The van der Waals surface area contributed by atoms with Gasteiger partial charge in [0, 0.05) is 23.3 Å². The van der Waals surface area contributed by atoms with Crippen LogP contribution < -0.4 is 0 Å². The maximum Gasteiger partial charge on any atom is 2.00 e. The van der Waals surface area contributed by atoms with Gasteiger partial charge in [-0.25, -0.2) is 0 Å². The number of hydrogen-bond acceptors (Lipinski definition) is 4. The molecule has 4 aromatic rings. The number of benzene rings is 2. The van der Waals surface area contributed by atoms with Crippen LogP contribution in [-0.2, 0) is 33.9 Å². The minimum absolute atomic E-state index is 0. The van der Waals surface area contributed by atoms with Crippen LogP contribution in [0.3, 0.4) is 0 Å². The minimum Gasteiger partial charge on any atom is -0.488 e. The number of nitrogens with zero attached hydrogens (tertiary/aromatic N) is 2. The molecule has 29 heavy (non-hydrogen) atoms. The summed E-state index contributed by atoms with van der Waals surface area (Å²) in [4.78, 5) is 8.30. The SMILES string of the molecule is Fc1c[c-]c(-c2nc(CCc3coc(-c4[c-]cc(F)cc4F)n3)co2)c(F)c1.[Pt+2]. The summed E-state index contributed by atoms with van der Waals surface area (Å²) < 4.78 is 63.9. The maximum absolute atomic E-state index is 13.8. The molecule has 0 aliphatic carbocycles. The Hall–Kier alpha value is -2.73. The van der Waals surface area contributed by atoms with E-state index in [0.717, 1.165) is 24.3 Å². The van der Waals surface area contributed by atoms with Gasteiger partial charge in [-0.1, -0.05) is 23.3 Å². The summed E-state index contributed by atoms with van der Waals surface area (Å²) in [6, 6.07) is 8.30. The number of aromatic nitrogens is 2. The zero-order valence-corrected chi connectivity index (χ0v) is 16.7. The van der Waals surface area contributed by atoms with E-state index in [-0.39, 0.29) is 44.0 Å². The van der Waals surface area contributed by atoms with E-state index < -0.39 is 23.3 Å². The van der Waals surface area contributed by atoms with Crippen LogP contribution in [0.2, 0.25) is 0 Å². The van der Waals surface area contributed by atoms with Crippen LogP contribution in [0, 0.1) is 35.4 Å². The molecule has 0 fully saturated rings. The van der Waals surface area contributed by atoms with Crippen LogP contribution in [0.1, 0.15) is 11.4 Å². The van der Waals surface area contributed by atoms with E-state index in [4.69, 9.17) is 8.83 Å². The topological polar surface area (TPSA) is 52.1 Å². The predicted molar refractivity (Wildman–Crippen MR) is 88.8 cm³/mol. The van der Waals surface area contributed by atoms with Crippen LogP contribution in [0.4, 0.5) is 17.6 Å². The molecule has 2 heterocycles. The smallest absolute Gasteiger partial charge is 0.488 e. The molecular formula is C20H10F4N2O2Pt. The molecule has 0 aliphatic rings. The maximum atomic E-state index is 13.8. The van der Waals surface area contributed by atoms with Gasteiger partial charge in [0.25, 0.3) is 0 Å². The largest absolute Gasteiger partial charge is 2.00 e. The molecule has 2 aromatic heterocycles. The van der Waals surface area contributed by atoms with E-state index in [2.05, 4.69) is 22.1 Å². The van der Waals surface area contributed by atoms with Gasteiger partial charge in [-0.05, 0) is 12.8 Å². The van der Waals surface area contributed by atoms with Gasteiger partial charge in [-0.2, -0.15) is 0 Å². The first kappa shape index (κ1) is 21.0. The summed E-state index contributed by atoms with van der Waals surface area (Å²) >= 11 is 0. The monoisotopic (exact) mass is 581 g/mol. The van der Waals surface area contributed by atoms with Crippen molar-refractivity contribution >= 4 is 0 Å². The summed E-state index contributed by atoms with van der Waals surface area (Å²) in [5.74, 6) is -3.18. The van der Waals surface area contributed by atoms with E-state index in [1.807, 2.05) is 0 Å². The zero-order chi connectivity index (χ0) is 19.7. The van der Waals surface area contributed by atoms with E-state index in [9.17, 15) is 17.6 Å². The van der Waals surface area contributed by atoms with Gasteiger partial charge >= 0.3 is 21.1 Å². The molecule has 150 valence electrons. The average molecular weight is 581 g/mol. The number of hydrogen-bond donors (Lipinski definition) is 0. The Morgan fingerprint density at radius 2 is 1.14 bits per heavy atom. The molecule has 0 N–H and O–H groups in total. The molecular weight excluding hydrogens is 571 g/mol. The van der Waals surface area contributed by atoms with Crippen molar-refractivity contribution in [2.24, 2.45) is 0 Å². The van der Waals surface area contributed by atoms with Crippen LogP contribution in [0.25, 0.3) is 22.9 Å². The second-order valence-electron chi connectivity index (χ2n) is 5.87. The van der Waals surface area contributed by atoms with Gasteiger partial charge in [-0.15, -0.1) is 24.3 Å². The summed E-state index contributed by atoms with van der Waals surface area (Å²) in [6.07, 6.45) is 3.46. The molecule has 0 radical (unpaired) electrons. The van der Waals surface area contributed by atoms with Crippen LogP contribution >= 0.6 is 0 Å². The number of halogens is 4. The van der Waals surface area contributed by atoms with Crippen LogP contribution in [0.15, 0.2) is 45.6 Å². The van der Waals surface area contributed by atoms with Crippen molar-refractivity contribution in [1.82, 2.24) is 9.97 Å². The standard InChI is InChI=1S/C20H10F4N2O2.Pt/c21-11-1-5-15(17(23)7-11)19-25-13(9-27-19)3-4-14-10-28-20(26-14)16-6-2-12(22)8-18(16)24;/h1-2,7-10H,3-4H2;/q-2;+2. The molecule has 0 saturated heterocycles. The molecule has 0 spiro atoms. The molecule has 2 aromatic carbocycles. The Bertz CT molecular complexity index is 1050. The number of oxazole rings is 2.